The van der Waals surface area contributed by atoms with Crippen LogP contribution in [0, 0.1) is 5.82 Å². The van der Waals surface area contributed by atoms with Gasteiger partial charge in [-0.05, 0) is 43.3 Å². The number of carbonyl (C=O) groups is 2. The van der Waals surface area contributed by atoms with E-state index in [-0.39, 0.29) is 23.9 Å². The molecule has 0 aromatic heterocycles. The van der Waals surface area contributed by atoms with Crippen molar-refractivity contribution in [2.75, 3.05) is 11.9 Å². The van der Waals surface area contributed by atoms with Gasteiger partial charge in [0.2, 0.25) is 0 Å². The van der Waals surface area contributed by atoms with Crippen LogP contribution in [0.2, 0.25) is 0 Å². The van der Waals surface area contributed by atoms with Crippen LogP contribution in [-0.4, -0.2) is 18.1 Å². The minimum atomic E-state index is -0.372. The van der Waals surface area contributed by atoms with Gasteiger partial charge in [0.1, 0.15) is 5.82 Å². The van der Waals surface area contributed by atoms with Gasteiger partial charge in [-0.1, -0.05) is 12.1 Å². The van der Waals surface area contributed by atoms with Crippen molar-refractivity contribution >= 4 is 17.3 Å². The Labute approximate surface area is 116 Å². The van der Waals surface area contributed by atoms with Crippen LogP contribution in [-0.2, 0) is 0 Å². The van der Waals surface area contributed by atoms with Crippen molar-refractivity contribution in [1.82, 2.24) is 0 Å². The van der Waals surface area contributed by atoms with Crippen LogP contribution in [0.4, 0.5) is 10.1 Å². The molecule has 1 N–H and O–H groups in total. The van der Waals surface area contributed by atoms with Crippen LogP contribution >= 0.6 is 0 Å². The fourth-order valence-corrected chi connectivity index (χ4v) is 1.77. The summed E-state index contributed by atoms with van der Waals surface area (Å²) in [6.07, 6.45) is 0. The molecule has 0 heterocycles. The van der Waals surface area contributed by atoms with Gasteiger partial charge in [-0.2, -0.15) is 0 Å². The second kappa shape index (κ2) is 6.10. The second-order valence-corrected chi connectivity index (χ2v) is 4.42. The third-order valence-corrected chi connectivity index (χ3v) is 2.89. The molecule has 4 heteroatoms. The number of ketones is 2. The Balaban J connectivity index is 2.01. The van der Waals surface area contributed by atoms with Gasteiger partial charge in [0.15, 0.2) is 11.6 Å². The molecule has 0 aliphatic rings. The van der Waals surface area contributed by atoms with E-state index in [2.05, 4.69) is 5.32 Å². The molecular formula is C16H14FNO2. The molecule has 0 aliphatic heterocycles. The van der Waals surface area contributed by atoms with E-state index in [1.807, 2.05) is 0 Å². The Hall–Kier alpha value is -2.49. The number of hydrogen-bond donors (Lipinski definition) is 1. The van der Waals surface area contributed by atoms with Crippen molar-refractivity contribution in [2.45, 2.75) is 6.92 Å². The van der Waals surface area contributed by atoms with Crippen LogP contribution in [0.15, 0.2) is 48.5 Å². The largest absolute Gasteiger partial charge is 0.378 e. The van der Waals surface area contributed by atoms with Gasteiger partial charge >= 0.3 is 0 Å². The fourth-order valence-electron chi connectivity index (χ4n) is 1.77. The second-order valence-electron chi connectivity index (χ2n) is 4.42. The SMILES string of the molecule is CC(=O)c1cccc(NCC(=O)c2ccc(F)cc2)c1. The van der Waals surface area contributed by atoms with Crippen LogP contribution in [0.1, 0.15) is 27.6 Å². The first-order chi connectivity index (χ1) is 9.56. The van der Waals surface area contributed by atoms with Gasteiger partial charge in [-0.3, -0.25) is 9.59 Å². The molecule has 0 atom stereocenters. The topological polar surface area (TPSA) is 46.2 Å². The summed E-state index contributed by atoms with van der Waals surface area (Å²) < 4.78 is 12.8. The van der Waals surface area contributed by atoms with Gasteiger partial charge in [0, 0.05) is 16.8 Å². The first-order valence-electron chi connectivity index (χ1n) is 6.20. The van der Waals surface area contributed by atoms with Crippen LogP contribution in [0.3, 0.4) is 0 Å². The molecule has 0 fully saturated rings. The standard InChI is InChI=1S/C16H14FNO2/c1-11(19)13-3-2-4-15(9-13)18-10-16(20)12-5-7-14(17)8-6-12/h2-9,18H,10H2,1H3. The number of rotatable bonds is 5. The van der Waals surface area contributed by atoms with E-state index < -0.39 is 0 Å². The number of benzene rings is 2. The number of carbonyl (C=O) groups excluding carboxylic acids is 2. The normalized spacial score (nSPS) is 10.1. The predicted octanol–water partition coefficient (Wildman–Crippen LogP) is 3.32. The summed E-state index contributed by atoms with van der Waals surface area (Å²) in [7, 11) is 0. The number of anilines is 1. The lowest BCUT2D eigenvalue weighted by Crippen LogP contribution is -2.14. The molecule has 0 radical (unpaired) electrons. The molecule has 2 aromatic rings. The van der Waals surface area contributed by atoms with Crippen LogP contribution in [0.5, 0.6) is 0 Å². The zero-order chi connectivity index (χ0) is 14.5. The van der Waals surface area contributed by atoms with E-state index in [9.17, 15) is 14.0 Å². The van der Waals surface area contributed by atoms with E-state index in [1.165, 1.54) is 31.2 Å². The molecule has 0 amide bonds. The number of hydrogen-bond acceptors (Lipinski definition) is 3. The minimum Gasteiger partial charge on any atom is -0.378 e. The molecule has 20 heavy (non-hydrogen) atoms. The molecule has 0 unspecified atom stereocenters. The minimum absolute atomic E-state index is 0.0292. The Kier molecular flexibility index (Phi) is 4.25. The summed E-state index contributed by atoms with van der Waals surface area (Å²) in [5.74, 6) is -0.541. The van der Waals surface area contributed by atoms with E-state index in [0.29, 0.717) is 16.8 Å². The summed E-state index contributed by atoms with van der Waals surface area (Å²) in [5, 5.41) is 2.96. The number of nitrogens with one attached hydrogen (secondary N) is 1. The molecule has 3 nitrogen and oxygen atoms in total. The van der Waals surface area contributed by atoms with E-state index in [0.717, 1.165) is 0 Å². The predicted molar refractivity (Wildman–Crippen MR) is 75.7 cm³/mol. The van der Waals surface area contributed by atoms with E-state index in [4.69, 9.17) is 0 Å². The van der Waals surface area contributed by atoms with Crippen molar-refractivity contribution in [1.29, 1.82) is 0 Å². The van der Waals surface area contributed by atoms with Gasteiger partial charge in [0.25, 0.3) is 0 Å². The highest BCUT2D eigenvalue weighted by Gasteiger charge is 2.06. The molecule has 0 saturated heterocycles. The Morgan fingerprint density at radius 2 is 1.75 bits per heavy atom. The molecule has 0 spiro atoms. The highest BCUT2D eigenvalue weighted by atomic mass is 19.1. The lowest BCUT2D eigenvalue weighted by Gasteiger charge is -2.07. The van der Waals surface area contributed by atoms with E-state index >= 15 is 0 Å². The van der Waals surface area contributed by atoms with Gasteiger partial charge in [-0.25, -0.2) is 4.39 Å². The average Bonchev–Trinajstić information content (AvgIpc) is 2.46. The van der Waals surface area contributed by atoms with Crippen molar-refractivity contribution in [3.8, 4) is 0 Å². The van der Waals surface area contributed by atoms with Gasteiger partial charge < -0.3 is 5.32 Å². The average molecular weight is 271 g/mol. The molecule has 2 rings (SSSR count). The zero-order valence-electron chi connectivity index (χ0n) is 11.0. The molecule has 0 bridgehead atoms. The Morgan fingerprint density at radius 1 is 1.05 bits per heavy atom. The maximum absolute atomic E-state index is 12.8. The maximum Gasteiger partial charge on any atom is 0.181 e. The smallest absolute Gasteiger partial charge is 0.181 e. The van der Waals surface area contributed by atoms with Crippen LogP contribution < -0.4 is 5.32 Å². The molecular weight excluding hydrogens is 257 g/mol. The van der Waals surface area contributed by atoms with Crippen molar-refractivity contribution < 1.29 is 14.0 Å². The van der Waals surface area contributed by atoms with Crippen molar-refractivity contribution in [3.05, 3.63) is 65.5 Å². The highest BCUT2D eigenvalue weighted by Crippen LogP contribution is 2.11. The Morgan fingerprint density at radius 3 is 2.40 bits per heavy atom. The Bertz CT molecular complexity index is 635. The molecule has 0 aliphatic carbocycles. The number of Topliss-reactive ketones (excluding diaryl/α,β-unsaturated/α-hetero) is 2. The third kappa shape index (κ3) is 3.51. The third-order valence-electron chi connectivity index (χ3n) is 2.89. The first-order valence-corrected chi connectivity index (χ1v) is 6.20. The summed E-state index contributed by atoms with van der Waals surface area (Å²) in [6.45, 7) is 1.58. The van der Waals surface area contributed by atoms with Crippen molar-refractivity contribution in [2.24, 2.45) is 0 Å². The summed E-state index contributed by atoms with van der Waals surface area (Å²) in [4.78, 5) is 23.2. The molecule has 2 aromatic carbocycles. The lowest BCUT2D eigenvalue weighted by molar-refractivity contribution is 0.100. The molecule has 0 saturated carbocycles. The summed E-state index contributed by atoms with van der Waals surface area (Å²) in [6, 6.07) is 12.4. The van der Waals surface area contributed by atoms with Crippen molar-refractivity contribution in [3.63, 3.8) is 0 Å². The summed E-state index contributed by atoms with van der Waals surface area (Å²) in [5.41, 5.74) is 1.74. The fraction of sp³-hybridized carbons (Fsp3) is 0.125. The zero-order valence-corrected chi connectivity index (χ0v) is 11.0. The maximum atomic E-state index is 12.8. The van der Waals surface area contributed by atoms with Crippen LogP contribution in [0.25, 0.3) is 0 Å². The number of halogens is 1. The van der Waals surface area contributed by atoms with Gasteiger partial charge in [-0.15, -0.1) is 0 Å². The first kappa shape index (κ1) is 13.9. The van der Waals surface area contributed by atoms with Gasteiger partial charge in [0.05, 0.1) is 6.54 Å². The highest BCUT2D eigenvalue weighted by molar-refractivity contribution is 5.99. The quantitative estimate of drug-likeness (QED) is 0.848. The molecule has 102 valence electrons. The summed E-state index contributed by atoms with van der Waals surface area (Å²) >= 11 is 0. The lowest BCUT2D eigenvalue weighted by atomic mass is 10.1. The monoisotopic (exact) mass is 271 g/mol. The van der Waals surface area contributed by atoms with E-state index in [1.54, 1.807) is 24.3 Å².